The summed E-state index contributed by atoms with van der Waals surface area (Å²) in [5.74, 6) is 1.25. The van der Waals surface area contributed by atoms with Crippen LogP contribution in [0.15, 0.2) is 34.6 Å². The van der Waals surface area contributed by atoms with Crippen LogP contribution in [0.1, 0.15) is 37.5 Å². The summed E-state index contributed by atoms with van der Waals surface area (Å²) in [5, 5.41) is 2.98. The SMILES string of the molecule is O=C(NCC(c1ccco1)N1CCCC1)C1=CCCCO1. The molecule has 0 radical (unpaired) electrons. The van der Waals surface area contributed by atoms with E-state index in [1.807, 2.05) is 18.2 Å². The smallest absolute Gasteiger partial charge is 0.286 e. The van der Waals surface area contributed by atoms with Crippen LogP contribution in [-0.4, -0.2) is 37.0 Å². The second-order valence-corrected chi connectivity index (χ2v) is 5.54. The maximum atomic E-state index is 12.1. The zero-order valence-corrected chi connectivity index (χ0v) is 12.2. The van der Waals surface area contributed by atoms with E-state index >= 15 is 0 Å². The molecule has 0 saturated carbocycles. The van der Waals surface area contributed by atoms with Crippen LogP contribution in [-0.2, 0) is 9.53 Å². The summed E-state index contributed by atoms with van der Waals surface area (Å²) in [4.78, 5) is 14.5. The lowest BCUT2D eigenvalue weighted by atomic mass is 10.2. The van der Waals surface area contributed by atoms with Crippen molar-refractivity contribution in [3.05, 3.63) is 36.0 Å². The number of hydrogen-bond acceptors (Lipinski definition) is 4. The lowest BCUT2D eigenvalue weighted by Gasteiger charge is -2.26. The number of ether oxygens (including phenoxy) is 1. The van der Waals surface area contributed by atoms with E-state index in [4.69, 9.17) is 9.15 Å². The van der Waals surface area contributed by atoms with E-state index < -0.39 is 0 Å². The number of furan rings is 1. The van der Waals surface area contributed by atoms with Crippen LogP contribution in [0.25, 0.3) is 0 Å². The minimum atomic E-state index is -0.120. The second-order valence-electron chi connectivity index (χ2n) is 5.54. The van der Waals surface area contributed by atoms with E-state index in [-0.39, 0.29) is 11.9 Å². The summed E-state index contributed by atoms with van der Waals surface area (Å²) < 4.78 is 10.9. The Morgan fingerprint density at radius 1 is 1.33 bits per heavy atom. The number of nitrogens with zero attached hydrogens (tertiary/aromatic N) is 1. The van der Waals surface area contributed by atoms with E-state index in [0.29, 0.717) is 18.9 Å². The Hall–Kier alpha value is -1.75. The van der Waals surface area contributed by atoms with Crippen LogP contribution in [0.4, 0.5) is 0 Å². The third-order valence-electron chi connectivity index (χ3n) is 4.07. The Labute approximate surface area is 124 Å². The van der Waals surface area contributed by atoms with E-state index in [2.05, 4.69) is 10.2 Å². The minimum absolute atomic E-state index is 0.107. The van der Waals surface area contributed by atoms with Crippen molar-refractivity contribution in [3.63, 3.8) is 0 Å². The van der Waals surface area contributed by atoms with Crippen molar-refractivity contribution < 1.29 is 13.9 Å². The molecular formula is C16H22N2O3. The maximum absolute atomic E-state index is 12.1. The highest BCUT2D eigenvalue weighted by atomic mass is 16.5. The van der Waals surface area contributed by atoms with Crippen LogP contribution in [0.2, 0.25) is 0 Å². The van der Waals surface area contributed by atoms with Gasteiger partial charge in [0.25, 0.3) is 5.91 Å². The van der Waals surface area contributed by atoms with Gasteiger partial charge in [0.05, 0.1) is 18.9 Å². The van der Waals surface area contributed by atoms with Gasteiger partial charge in [0.1, 0.15) is 5.76 Å². The molecule has 1 fully saturated rings. The molecule has 1 amide bonds. The van der Waals surface area contributed by atoms with Crippen LogP contribution >= 0.6 is 0 Å². The monoisotopic (exact) mass is 290 g/mol. The third-order valence-corrected chi connectivity index (χ3v) is 4.07. The standard InChI is InChI=1S/C16H22N2O3/c19-16(15-6-1-4-10-21-15)17-12-13(14-7-5-11-20-14)18-8-2-3-9-18/h5-7,11,13H,1-4,8-10,12H2,(H,17,19). The maximum Gasteiger partial charge on any atom is 0.286 e. The first-order valence-electron chi connectivity index (χ1n) is 7.73. The summed E-state index contributed by atoms with van der Waals surface area (Å²) in [7, 11) is 0. The molecule has 2 aliphatic heterocycles. The van der Waals surface area contributed by atoms with Gasteiger partial charge in [0.15, 0.2) is 5.76 Å². The van der Waals surface area contributed by atoms with Crippen molar-refractivity contribution in [2.24, 2.45) is 0 Å². The van der Waals surface area contributed by atoms with Gasteiger partial charge in [-0.3, -0.25) is 9.69 Å². The van der Waals surface area contributed by atoms with Gasteiger partial charge in [0.2, 0.25) is 0 Å². The first-order chi connectivity index (χ1) is 10.3. The van der Waals surface area contributed by atoms with Crippen molar-refractivity contribution in [3.8, 4) is 0 Å². The molecule has 0 aliphatic carbocycles. The largest absolute Gasteiger partial charge is 0.488 e. The van der Waals surface area contributed by atoms with Crippen LogP contribution in [0, 0.1) is 0 Å². The fourth-order valence-corrected chi connectivity index (χ4v) is 2.94. The average molecular weight is 290 g/mol. The molecule has 1 saturated heterocycles. The molecule has 114 valence electrons. The molecule has 3 heterocycles. The molecule has 3 rings (SSSR count). The topological polar surface area (TPSA) is 54.7 Å². The summed E-state index contributed by atoms with van der Waals surface area (Å²) >= 11 is 0. The van der Waals surface area contributed by atoms with Crippen LogP contribution < -0.4 is 5.32 Å². The fraction of sp³-hybridized carbons (Fsp3) is 0.562. The zero-order chi connectivity index (χ0) is 14.5. The Morgan fingerprint density at radius 2 is 2.19 bits per heavy atom. The van der Waals surface area contributed by atoms with Gasteiger partial charge in [-0.25, -0.2) is 0 Å². The number of carbonyl (C=O) groups is 1. The molecule has 1 atom stereocenters. The first-order valence-corrected chi connectivity index (χ1v) is 7.73. The molecule has 2 aliphatic rings. The normalized spacial score (nSPS) is 20.7. The third kappa shape index (κ3) is 3.47. The highest BCUT2D eigenvalue weighted by Gasteiger charge is 2.26. The number of likely N-dealkylation sites (tertiary alicyclic amines) is 1. The number of nitrogens with one attached hydrogen (secondary N) is 1. The fourth-order valence-electron chi connectivity index (χ4n) is 2.94. The van der Waals surface area contributed by atoms with Crippen molar-refractivity contribution >= 4 is 5.91 Å². The molecular weight excluding hydrogens is 268 g/mol. The molecule has 1 aromatic rings. The minimum Gasteiger partial charge on any atom is -0.488 e. The predicted octanol–water partition coefficient (Wildman–Crippen LogP) is 2.23. The number of rotatable bonds is 5. The van der Waals surface area contributed by atoms with E-state index in [1.54, 1.807) is 6.26 Å². The molecule has 5 heteroatoms. The van der Waals surface area contributed by atoms with Gasteiger partial charge in [0, 0.05) is 6.54 Å². The van der Waals surface area contributed by atoms with E-state index in [9.17, 15) is 4.79 Å². The predicted molar refractivity (Wildman–Crippen MR) is 78.5 cm³/mol. The molecule has 1 N–H and O–H groups in total. The first kappa shape index (κ1) is 14.2. The van der Waals surface area contributed by atoms with Crippen LogP contribution in [0.3, 0.4) is 0 Å². The van der Waals surface area contributed by atoms with Crippen molar-refractivity contribution in [1.29, 1.82) is 0 Å². The lowest BCUT2D eigenvalue weighted by molar-refractivity contribution is -0.121. The summed E-state index contributed by atoms with van der Waals surface area (Å²) in [6, 6.07) is 3.98. The number of allylic oxidation sites excluding steroid dienone is 1. The molecule has 21 heavy (non-hydrogen) atoms. The Balaban J connectivity index is 1.62. The summed E-state index contributed by atoms with van der Waals surface area (Å²) in [5.41, 5.74) is 0. The van der Waals surface area contributed by atoms with Crippen LogP contribution in [0.5, 0.6) is 0 Å². The lowest BCUT2D eigenvalue weighted by Crippen LogP contribution is -2.37. The van der Waals surface area contributed by atoms with Crippen molar-refractivity contribution in [2.45, 2.75) is 31.7 Å². The van der Waals surface area contributed by atoms with Crippen molar-refractivity contribution in [2.75, 3.05) is 26.2 Å². The Bertz CT molecular complexity index is 490. The molecule has 0 aromatic carbocycles. The van der Waals surface area contributed by atoms with Gasteiger partial charge in [-0.1, -0.05) is 0 Å². The highest BCUT2D eigenvalue weighted by molar-refractivity contribution is 5.91. The second kappa shape index (κ2) is 6.80. The van der Waals surface area contributed by atoms with E-state index in [1.165, 1.54) is 12.8 Å². The Morgan fingerprint density at radius 3 is 2.86 bits per heavy atom. The zero-order valence-electron chi connectivity index (χ0n) is 12.2. The van der Waals surface area contributed by atoms with Gasteiger partial charge >= 0.3 is 0 Å². The van der Waals surface area contributed by atoms with Gasteiger partial charge < -0.3 is 14.5 Å². The number of carbonyl (C=O) groups excluding carboxylic acids is 1. The average Bonchev–Trinajstić information content (AvgIpc) is 3.22. The van der Waals surface area contributed by atoms with Gasteiger partial charge in [-0.15, -0.1) is 0 Å². The van der Waals surface area contributed by atoms with E-state index in [0.717, 1.165) is 31.7 Å². The molecule has 0 bridgehead atoms. The van der Waals surface area contributed by atoms with Gasteiger partial charge in [-0.2, -0.15) is 0 Å². The summed E-state index contributed by atoms with van der Waals surface area (Å²) in [6.07, 6.45) is 7.87. The highest BCUT2D eigenvalue weighted by Crippen LogP contribution is 2.25. The van der Waals surface area contributed by atoms with Crippen molar-refractivity contribution in [1.82, 2.24) is 10.2 Å². The summed E-state index contributed by atoms with van der Waals surface area (Å²) in [6.45, 7) is 3.29. The molecule has 5 nitrogen and oxygen atoms in total. The van der Waals surface area contributed by atoms with Gasteiger partial charge in [-0.05, 0) is 57.0 Å². The number of hydrogen-bond donors (Lipinski definition) is 1. The Kier molecular flexibility index (Phi) is 4.60. The number of amides is 1. The molecule has 1 aromatic heterocycles. The quantitative estimate of drug-likeness (QED) is 0.903. The molecule has 0 spiro atoms. The molecule has 1 unspecified atom stereocenters.